The summed E-state index contributed by atoms with van der Waals surface area (Å²) in [6, 6.07) is 9.47. The summed E-state index contributed by atoms with van der Waals surface area (Å²) < 4.78 is 15.1. The Morgan fingerprint density at radius 2 is 1.85 bits per heavy atom. The lowest BCUT2D eigenvalue weighted by atomic mass is 9.91. The Kier molecular flexibility index (Phi) is 5.31. The summed E-state index contributed by atoms with van der Waals surface area (Å²) in [5, 5.41) is 0.790. The smallest absolute Gasteiger partial charge is 0.252 e. The van der Waals surface area contributed by atoms with Crippen LogP contribution < -0.4 is 5.56 Å². The van der Waals surface area contributed by atoms with Crippen LogP contribution in [0.2, 0.25) is 0 Å². The molecule has 27 heavy (non-hydrogen) atoms. The molecule has 0 atom stereocenters. The number of carbonyl (C=O) groups excluding carboxylic acids is 1. The minimum absolute atomic E-state index is 0.0699. The van der Waals surface area contributed by atoms with Gasteiger partial charge in [-0.05, 0) is 48.8 Å². The fourth-order valence-electron chi connectivity index (χ4n) is 3.31. The van der Waals surface area contributed by atoms with E-state index in [4.69, 9.17) is 4.98 Å². The zero-order chi connectivity index (χ0) is 19.6. The van der Waals surface area contributed by atoms with Gasteiger partial charge in [0.1, 0.15) is 17.8 Å². The van der Waals surface area contributed by atoms with Crippen molar-refractivity contribution in [1.82, 2.24) is 9.55 Å². The number of carbonyl (C=O) groups is 1. The molecule has 0 N–H and O–H groups in total. The van der Waals surface area contributed by atoms with Crippen LogP contribution in [0, 0.1) is 5.82 Å². The Hall–Kier alpha value is -3.08. The van der Waals surface area contributed by atoms with Crippen molar-refractivity contribution in [2.75, 3.05) is 0 Å². The van der Waals surface area contributed by atoms with Gasteiger partial charge < -0.3 is 0 Å². The fraction of sp³-hybridized carbons (Fsp3) is 0.227. The largest absolute Gasteiger partial charge is 0.299 e. The number of allylic oxidation sites excluding steroid dienone is 1. The van der Waals surface area contributed by atoms with Crippen LogP contribution in [-0.4, -0.2) is 15.8 Å². The van der Waals surface area contributed by atoms with Gasteiger partial charge >= 0.3 is 0 Å². The molecular formula is C22H21FN2O2. The minimum atomic E-state index is -0.323. The van der Waals surface area contributed by atoms with Crippen molar-refractivity contribution in [2.24, 2.45) is 0 Å². The molecular weight excluding hydrogens is 343 g/mol. The Morgan fingerprint density at radius 3 is 2.44 bits per heavy atom. The van der Waals surface area contributed by atoms with Crippen molar-refractivity contribution in [3.8, 4) is 11.1 Å². The van der Waals surface area contributed by atoms with E-state index in [1.54, 1.807) is 28.8 Å². The standard InChI is InChI=1S/C22H21FN2O2/c1-4-25-19(27)12-11-18-20(15-7-9-16(23)10-8-15)17(6-5-13-26)21(14(2)3)24-22(18)25/h5-14H,4H2,1-3H3/b6-5+. The van der Waals surface area contributed by atoms with E-state index in [9.17, 15) is 14.0 Å². The second-order valence-electron chi connectivity index (χ2n) is 6.60. The monoisotopic (exact) mass is 364 g/mol. The number of hydrogen-bond donors (Lipinski definition) is 0. The maximum Gasteiger partial charge on any atom is 0.252 e. The third kappa shape index (κ3) is 3.45. The average molecular weight is 364 g/mol. The van der Waals surface area contributed by atoms with Crippen molar-refractivity contribution in [3.05, 3.63) is 69.9 Å². The lowest BCUT2D eigenvalue weighted by Gasteiger charge is -2.19. The summed E-state index contributed by atoms with van der Waals surface area (Å²) in [6.07, 6.45) is 3.88. The Balaban J connectivity index is 2.54. The lowest BCUT2D eigenvalue weighted by Crippen LogP contribution is -2.20. The zero-order valence-corrected chi connectivity index (χ0v) is 15.6. The summed E-state index contributed by atoms with van der Waals surface area (Å²) in [6.45, 7) is 6.42. The maximum absolute atomic E-state index is 13.5. The van der Waals surface area contributed by atoms with E-state index in [0.717, 1.165) is 34.1 Å². The van der Waals surface area contributed by atoms with Gasteiger partial charge in [0, 0.05) is 29.1 Å². The van der Waals surface area contributed by atoms with Crippen LogP contribution in [0.15, 0.2) is 47.3 Å². The van der Waals surface area contributed by atoms with E-state index >= 15 is 0 Å². The average Bonchev–Trinajstić information content (AvgIpc) is 2.66. The van der Waals surface area contributed by atoms with Crippen molar-refractivity contribution in [3.63, 3.8) is 0 Å². The molecule has 0 saturated heterocycles. The number of aryl methyl sites for hydroxylation is 1. The third-order valence-electron chi connectivity index (χ3n) is 4.53. The highest BCUT2D eigenvalue weighted by Crippen LogP contribution is 2.36. The van der Waals surface area contributed by atoms with Crippen molar-refractivity contribution in [1.29, 1.82) is 0 Å². The summed E-state index contributed by atoms with van der Waals surface area (Å²) in [7, 11) is 0. The lowest BCUT2D eigenvalue weighted by molar-refractivity contribution is -0.104. The van der Waals surface area contributed by atoms with Gasteiger partial charge in [0.25, 0.3) is 5.56 Å². The number of nitrogens with zero attached hydrogens (tertiary/aromatic N) is 2. The Morgan fingerprint density at radius 1 is 1.15 bits per heavy atom. The summed E-state index contributed by atoms with van der Waals surface area (Å²) in [5.41, 5.74) is 3.71. The molecule has 0 bridgehead atoms. The molecule has 3 rings (SSSR count). The van der Waals surface area contributed by atoms with Crippen molar-refractivity contribution >= 4 is 23.4 Å². The maximum atomic E-state index is 13.5. The molecule has 2 heterocycles. The van der Waals surface area contributed by atoms with Gasteiger partial charge in [0.05, 0.1) is 5.69 Å². The highest BCUT2D eigenvalue weighted by Gasteiger charge is 2.19. The quantitative estimate of drug-likeness (QED) is 0.493. The van der Waals surface area contributed by atoms with Crippen LogP contribution in [0.3, 0.4) is 0 Å². The van der Waals surface area contributed by atoms with E-state index in [1.807, 2.05) is 20.8 Å². The molecule has 4 nitrogen and oxygen atoms in total. The normalized spacial score (nSPS) is 11.6. The summed E-state index contributed by atoms with van der Waals surface area (Å²) in [4.78, 5) is 28.1. The number of aldehydes is 1. The highest BCUT2D eigenvalue weighted by atomic mass is 19.1. The molecule has 3 aromatic rings. The SMILES string of the molecule is CCn1c(=O)ccc2c(-c3ccc(F)cc3)c(/C=C/C=O)c(C(C)C)nc21. The van der Waals surface area contributed by atoms with Crippen LogP contribution in [0.5, 0.6) is 0 Å². The van der Waals surface area contributed by atoms with Gasteiger partial charge in [-0.3, -0.25) is 14.2 Å². The van der Waals surface area contributed by atoms with Gasteiger partial charge in [-0.25, -0.2) is 9.37 Å². The van der Waals surface area contributed by atoms with Crippen molar-refractivity contribution in [2.45, 2.75) is 33.2 Å². The number of pyridine rings is 2. The first-order valence-electron chi connectivity index (χ1n) is 8.93. The first kappa shape index (κ1) is 18.7. The number of benzene rings is 1. The van der Waals surface area contributed by atoms with Gasteiger partial charge in [-0.15, -0.1) is 0 Å². The van der Waals surface area contributed by atoms with Crippen molar-refractivity contribution < 1.29 is 9.18 Å². The third-order valence-corrected chi connectivity index (χ3v) is 4.53. The van der Waals surface area contributed by atoms with E-state index in [0.29, 0.717) is 12.2 Å². The van der Waals surface area contributed by atoms with Gasteiger partial charge in [0.2, 0.25) is 0 Å². The van der Waals surface area contributed by atoms with Crippen LogP contribution in [0.4, 0.5) is 4.39 Å². The second kappa shape index (κ2) is 7.66. The molecule has 0 aliphatic rings. The molecule has 0 aliphatic heterocycles. The zero-order valence-electron chi connectivity index (χ0n) is 15.6. The van der Waals surface area contributed by atoms with E-state index in [1.165, 1.54) is 24.3 Å². The molecule has 0 amide bonds. The Bertz CT molecular complexity index is 1080. The molecule has 0 fully saturated rings. The first-order chi connectivity index (χ1) is 13.0. The molecule has 0 spiro atoms. The van der Waals surface area contributed by atoms with Gasteiger partial charge in [-0.1, -0.05) is 26.0 Å². The summed E-state index contributed by atoms with van der Waals surface area (Å²) >= 11 is 0. The molecule has 2 aromatic heterocycles. The first-order valence-corrected chi connectivity index (χ1v) is 8.93. The second-order valence-corrected chi connectivity index (χ2v) is 6.60. The topological polar surface area (TPSA) is 52.0 Å². The van der Waals surface area contributed by atoms with E-state index in [2.05, 4.69) is 0 Å². The number of aromatic nitrogens is 2. The predicted molar refractivity (Wildman–Crippen MR) is 106 cm³/mol. The molecule has 5 heteroatoms. The number of fused-ring (bicyclic) bond motifs is 1. The van der Waals surface area contributed by atoms with Crippen LogP contribution in [0.1, 0.15) is 37.9 Å². The fourth-order valence-corrected chi connectivity index (χ4v) is 3.31. The van der Waals surface area contributed by atoms with E-state index in [-0.39, 0.29) is 17.3 Å². The van der Waals surface area contributed by atoms with Gasteiger partial charge in [0.15, 0.2) is 0 Å². The molecule has 138 valence electrons. The Labute approximate surface area is 157 Å². The molecule has 0 saturated carbocycles. The number of hydrogen-bond acceptors (Lipinski definition) is 3. The van der Waals surface area contributed by atoms with Crippen LogP contribution in [-0.2, 0) is 11.3 Å². The molecule has 0 aliphatic carbocycles. The van der Waals surface area contributed by atoms with Crippen LogP contribution >= 0.6 is 0 Å². The van der Waals surface area contributed by atoms with Crippen LogP contribution in [0.25, 0.3) is 28.2 Å². The molecule has 0 unspecified atom stereocenters. The van der Waals surface area contributed by atoms with Gasteiger partial charge in [-0.2, -0.15) is 0 Å². The minimum Gasteiger partial charge on any atom is -0.299 e. The molecule has 0 radical (unpaired) electrons. The summed E-state index contributed by atoms with van der Waals surface area (Å²) in [5.74, 6) is -0.253. The predicted octanol–water partition coefficient (Wildman–Crippen LogP) is 4.56. The highest BCUT2D eigenvalue weighted by molar-refractivity contribution is 5.99. The van der Waals surface area contributed by atoms with E-state index < -0.39 is 0 Å². The molecule has 1 aromatic carbocycles. The number of halogens is 1. The number of rotatable bonds is 5.